The molecule has 1 aromatic rings. The summed E-state index contributed by atoms with van der Waals surface area (Å²) in [6, 6.07) is 5.28. The monoisotopic (exact) mass is 290 g/mol. The van der Waals surface area contributed by atoms with E-state index >= 15 is 0 Å². The van der Waals surface area contributed by atoms with Crippen molar-refractivity contribution in [3.63, 3.8) is 0 Å². The van der Waals surface area contributed by atoms with E-state index < -0.39 is 0 Å². The third-order valence-electron chi connectivity index (χ3n) is 5.04. The predicted molar refractivity (Wildman–Crippen MR) is 80.8 cm³/mol. The number of halogens is 1. The molecule has 21 heavy (non-hydrogen) atoms. The second-order valence-corrected chi connectivity index (χ2v) is 6.45. The summed E-state index contributed by atoms with van der Waals surface area (Å²) in [5.74, 6) is 0.381. The molecule has 0 saturated carbocycles. The molecule has 114 valence electrons. The molecule has 0 aliphatic carbocycles. The topological polar surface area (TPSA) is 23.6 Å². The predicted octanol–water partition coefficient (Wildman–Crippen LogP) is 2.69. The Balaban J connectivity index is 1.72. The number of nitrogens with zero attached hydrogens (tertiary/aromatic N) is 2. The standard InChI is InChI=1S/C17H23FN2O/c1-12-10-13(5-6-15(12)18)17(21)20-9-7-16-14(11-20)4-3-8-19(16)2/h5-6,10,14,16H,3-4,7-9,11H2,1-2H3. The van der Waals surface area contributed by atoms with Gasteiger partial charge in [0.05, 0.1) is 0 Å². The molecule has 1 amide bonds. The van der Waals surface area contributed by atoms with Crippen LogP contribution in [0.1, 0.15) is 35.2 Å². The summed E-state index contributed by atoms with van der Waals surface area (Å²) in [4.78, 5) is 17.0. The van der Waals surface area contributed by atoms with Gasteiger partial charge in [-0.2, -0.15) is 0 Å². The summed E-state index contributed by atoms with van der Waals surface area (Å²) in [7, 11) is 2.19. The third kappa shape index (κ3) is 2.82. The number of benzene rings is 1. The van der Waals surface area contributed by atoms with E-state index in [1.54, 1.807) is 19.1 Å². The van der Waals surface area contributed by atoms with Gasteiger partial charge in [0.25, 0.3) is 5.91 Å². The molecule has 3 nitrogen and oxygen atoms in total. The third-order valence-corrected chi connectivity index (χ3v) is 5.04. The van der Waals surface area contributed by atoms with E-state index in [-0.39, 0.29) is 11.7 Å². The first kappa shape index (κ1) is 14.5. The Kier molecular flexibility index (Phi) is 3.98. The minimum Gasteiger partial charge on any atom is -0.338 e. The largest absolute Gasteiger partial charge is 0.338 e. The maximum atomic E-state index is 13.3. The molecule has 2 aliphatic heterocycles. The summed E-state index contributed by atoms with van der Waals surface area (Å²) < 4.78 is 13.3. The van der Waals surface area contributed by atoms with Gasteiger partial charge in [0.15, 0.2) is 0 Å². The number of amides is 1. The highest BCUT2D eigenvalue weighted by atomic mass is 19.1. The van der Waals surface area contributed by atoms with Crippen molar-refractivity contribution in [3.8, 4) is 0 Å². The number of hydrogen-bond donors (Lipinski definition) is 0. The van der Waals surface area contributed by atoms with Gasteiger partial charge in [-0.3, -0.25) is 4.79 Å². The van der Waals surface area contributed by atoms with Gasteiger partial charge in [0.2, 0.25) is 0 Å². The molecule has 0 N–H and O–H groups in total. The van der Waals surface area contributed by atoms with Crippen LogP contribution in [0.4, 0.5) is 4.39 Å². The average molecular weight is 290 g/mol. The zero-order chi connectivity index (χ0) is 15.0. The van der Waals surface area contributed by atoms with Crippen molar-refractivity contribution in [2.45, 2.75) is 32.2 Å². The van der Waals surface area contributed by atoms with Crippen molar-refractivity contribution in [1.82, 2.24) is 9.80 Å². The lowest BCUT2D eigenvalue weighted by Crippen LogP contribution is -2.53. The molecule has 2 heterocycles. The first-order valence-electron chi connectivity index (χ1n) is 7.82. The summed E-state index contributed by atoms with van der Waals surface area (Å²) in [6.45, 7) is 4.52. The summed E-state index contributed by atoms with van der Waals surface area (Å²) >= 11 is 0. The zero-order valence-electron chi connectivity index (χ0n) is 12.8. The van der Waals surface area contributed by atoms with Crippen LogP contribution in [0, 0.1) is 18.7 Å². The van der Waals surface area contributed by atoms with Crippen molar-refractivity contribution < 1.29 is 9.18 Å². The molecule has 0 aromatic heterocycles. The number of rotatable bonds is 1. The van der Waals surface area contributed by atoms with Crippen LogP contribution in [0.3, 0.4) is 0 Å². The summed E-state index contributed by atoms with van der Waals surface area (Å²) in [5.41, 5.74) is 1.14. The Morgan fingerprint density at radius 3 is 2.86 bits per heavy atom. The molecule has 2 unspecified atom stereocenters. The van der Waals surface area contributed by atoms with Gasteiger partial charge in [0, 0.05) is 24.7 Å². The van der Waals surface area contributed by atoms with E-state index in [1.165, 1.54) is 25.5 Å². The van der Waals surface area contributed by atoms with E-state index in [9.17, 15) is 9.18 Å². The van der Waals surface area contributed by atoms with Gasteiger partial charge in [0.1, 0.15) is 5.82 Å². The van der Waals surface area contributed by atoms with Crippen molar-refractivity contribution in [2.75, 3.05) is 26.7 Å². The zero-order valence-corrected chi connectivity index (χ0v) is 12.8. The Labute approximate surface area is 125 Å². The van der Waals surface area contributed by atoms with Crippen molar-refractivity contribution in [1.29, 1.82) is 0 Å². The van der Waals surface area contributed by atoms with Crippen LogP contribution in [-0.4, -0.2) is 48.4 Å². The number of piperidine rings is 2. The summed E-state index contributed by atoms with van der Waals surface area (Å²) in [5, 5.41) is 0. The van der Waals surface area contributed by atoms with Crippen LogP contribution < -0.4 is 0 Å². The van der Waals surface area contributed by atoms with Crippen LogP contribution in [-0.2, 0) is 0 Å². The van der Waals surface area contributed by atoms with Gasteiger partial charge >= 0.3 is 0 Å². The number of fused-ring (bicyclic) bond motifs is 1. The van der Waals surface area contributed by atoms with Crippen LogP contribution in [0.15, 0.2) is 18.2 Å². The molecule has 0 spiro atoms. The lowest BCUT2D eigenvalue weighted by Gasteiger charge is -2.46. The molecule has 3 rings (SSSR count). The van der Waals surface area contributed by atoms with Gasteiger partial charge < -0.3 is 9.80 Å². The quantitative estimate of drug-likeness (QED) is 0.794. The highest BCUT2D eigenvalue weighted by molar-refractivity contribution is 5.94. The van der Waals surface area contributed by atoms with E-state index in [0.29, 0.717) is 23.1 Å². The van der Waals surface area contributed by atoms with Crippen molar-refractivity contribution in [2.24, 2.45) is 5.92 Å². The second kappa shape index (κ2) is 5.76. The highest BCUT2D eigenvalue weighted by Crippen LogP contribution is 2.30. The first-order chi connectivity index (χ1) is 10.1. The molecule has 1 aromatic carbocycles. The fourth-order valence-corrected chi connectivity index (χ4v) is 3.80. The fourth-order valence-electron chi connectivity index (χ4n) is 3.80. The normalized spacial score (nSPS) is 26.5. The van der Waals surface area contributed by atoms with Crippen LogP contribution in [0.25, 0.3) is 0 Å². The smallest absolute Gasteiger partial charge is 0.253 e. The minimum absolute atomic E-state index is 0.0461. The highest BCUT2D eigenvalue weighted by Gasteiger charge is 2.35. The Morgan fingerprint density at radius 2 is 2.10 bits per heavy atom. The van der Waals surface area contributed by atoms with E-state index in [4.69, 9.17) is 0 Å². The molecule has 2 fully saturated rings. The number of carbonyl (C=O) groups is 1. The minimum atomic E-state index is -0.251. The van der Waals surface area contributed by atoms with Crippen LogP contribution in [0.2, 0.25) is 0 Å². The number of hydrogen-bond acceptors (Lipinski definition) is 2. The van der Waals surface area contributed by atoms with Gasteiger partial charge in [-0.1, -0.05) is 0 Å². The molecule has 4 heteroatoms. The Bertz CT molecular complexity index is 546. The fraction of sp³-hybridized carbons (Fsp3) is 0.588. The molecule has 0 radical (unpaired) electrons. The number of likely N-dealkylation sites (tertiary alicyclic amines) is 2. The first-order valence-corrected chi connectivity index (χ1v) is 7.82. The molecule has 2 saturated heterocycles. The Hall–Kier alpha value is -1.42. The molecule has 0 bridgehead atoms. The van der Waals surface area contributed by atoms with E-state index in [1.807, 2.05) is 4.90 Å². The SMILES string of the molecule is Cc1cc(C(=O)N2CCC3C(CCCN3C)C2)ccc1F. The van der Waals surface area contributed by atoms with Gasteiger partial charge in [-0.25, -0.2) is 4.39 Å². The maximum absolute atomic E-state index is 13.3. The van der Waals surface area contributed by atoms with E-state index in [0.717, 1.165) is 19.5 Å². The molecular weight excluding hydrogens is 267 g/mol. The van der Waals surface area contributed by atoms with Crippen LogP contribution in [0.5, 0.6) is 0 Å². The van der Waals surface area contributed by atoms with Gasteiger partial charge in [-0.15, -0.1) is 0 Å². The van der Waals surface area contributed by atoms with Crippen molar-refractivity contribution in [3.05, 3.63) is 35.1 Å². The molecular formula is C17H23FN2O. The Morgan fingerprint density at radius 1 is 1.29 bits per heavy atom. The number of aryl methyl sites for hydroxylation is 1. The van der Waals surface area contributed by atoms with Crippen LogP contribution >= 0.6 is 0 Å². The van der Waals surface area contributed by atoms with E-state index in [2.05, 4.69) is 11.9 Å². The van der Waals surface area contributed by atoms with Gasteiger partial charge in [-0.05, 0) is 69.5 Å². The lowest BCUT2D eigenvalue weighted by molar-refractivity contribution is 0.0317. The molecule has 2 atom stereocenters. The second-order valence-electron chi connectivity index (χ2n) is 6.45. The lowest BCUT2D eigenvalue weighted by atomic mass is 9.84. The van der Waals surface area contributed by atoms with Crippen molar-refractivity contribution >= 4 is 5.91 Å². The maximum Gasteiger partial charge on any atom is 0.253 e. The average Bonchev–Trinajstić information content (AvgIpc) is 2.49. The number of carbonyl (C=O) groups excluding carboxylic acids is 1. The molecule has 2 aliphatic rings. The summed E-state index contributed by atoms with van der Waals surface area (Å²) in [6.07, 6.45) is 3.48.